The minimum Gasteiger partial charge on any atom is -0.495 e. The van der Waals surface area contributed by atoms with Crippen LogP contribution < -0.4 is 21.3 Å². The first kappa shape index (κ1) is 13.1. The first-order chi connectivity index (χ1) is 9.12. The van der Waals surface area contributed by atoms with Gasteiger partial charge in [-0.05, 0) is 31.5 Å². The summed E-state index contributed by atoms with van der Waals surface area (Å²) in [6.07, 6.45) is 0. The number of nitrogens with two attached hydrogens (primary N) is 1. The van der Waals surface area contributed by atoms with Gasteiger partial charge in [-0.3, -0.25) is 0 Å². The molecule has 6 nitrogen and oxygen atoms in total. The molecule has 0 atom stereocenters. The fourth-order valence-electron chi connectivity index (χ4n) is 1.76. The van der Waals surface area contributed by atoms with Crippen molar-refractivity contribution in [1.82, 2.24) is 9.97 Å². The number of hydrogen-bond acceptors (Lipinski definition) is 6. The zero-order valence-electron chi connectivity index (χ0n) is 11.2. The van der Waals surface area contributed by atoms with Crippen molar-refractivity contribution in [3.63, 3.8) is 0 Å². The molecule has 0 amide bonds. The summed E-state index contributed by atoms with van der Waals surface area (Å²) in [4.78, 5) is 8.44. The number of anilines is 3. The number of aryl methyl sites for hydroxylation is 2. The Hall–Kier alpha value is -2.34. The molecule has 0 saturated heterocycles. The molecule has 0 aliphatic heterocycles. The van der Waals surface area contributed by atoms with Crippen LogP contribution in [0.25, 0.3) is 0 Å². The summed E-state index contributed by atoms with van der Waals surface area (Å²) in [7, 11) is 1.63. The van der Waals surface area contributed by atoms with Crippen molar-refractivity contribution in [1.29, 1.82) is 0 Å². The first-order valence-corrected chi connectivity index (χ1v) is 5.86. The number of methoxy groups -OCH3 is 1. The van der Waals surface area contributed by atoms with Gasteiger partial charge in [-0.1, -0.05) is 6.07 Å². The van der Waals surface area contributed by atoms with Crippen LogP contribution in [-0.2, 0) is 0 Å². The van der Waals surface area contributed by atoms with Crippen LogP contribution in [0.2, 0.25) is 0 Å². The van der Waals surface area contributed by atoms with Crippen LogP contribution in [-0.4, -0.2) is 17.1 Å². The highest BCUT2D eigenvalue weighted by Crippen LogP contribution is 2.28. The van der Waals surface area contributed by atoms with Crippen LogP contribution in [0.15, 0.2) is 24.3 Å². The summed E-state index contributed by atoms with van der Waals surface area (Å²) in [5, 5.41) is 3.21. The molecule has 0 aliphatic rings. The molecular formula is C13H17N5O. The van der Waals surface area contributed by atoms with Crippen LogP contribution in [0.1, 0.15) is 11.4 Å². The zero-order chi connectivity index (χ0) is 13.8. The van der Waals surface area contributed by atoms with Gasteiger partial charge in [-0.2, -0.15) is 0 Å². The van der Waals surface area contributed by atoms with Gasteiger partial charge in [0.2, 0.25) is 0 Å². The summed E-state index contributed by atoms with van der Waals surface area (Å²) in [5.41, 5.74) is 4.49. The lowest BCUT2D eigenvalue weighted by molar-refractivity contribution is 0.416. The quantitative estimate of drug-likeness (QED) is 0.576. The second-order valence-electron chi connectivity index (χ2n) is 4.16. The highest BCUT2D eigenvalue weighted by Gasteiger charge is 2.06. The maximum Gasteiger partial charge on any atom is 0.145 e. The standard InChI is InChI=1S/C13H17N5O/c1-8-4-5-11(19-3)10(6-8)17-12-7-13(18-14)16-9(2)15-12/h4-7H,14H2,1-3H3,(H2,15,16,17,18). The predicted molar refractivity (Wildman–Crippen MR) is 75.6 cm³/mol. The maximum absolute atomic E-state index is 5.37. The van der Waals surface area contributed by atoms with Crippen LogP contribution in [0.3, 0.4) is 0 Å². The SMILES string of the molecule is COc1ccc(C)cc1Nc1cc(NN)nc(C)n1. The number of nitrogen functional groups attached to an aromatic ring is 1. The average Bonchev–Trinajstić information content (AvgIpc) is 2.38. The summed E-state index contributed by atoms with van der Waals surface area (Å²) in [5.74, 6) is 7.97. The molecule has 1 aromatic carbocycles. The maximum atomic E-state index is 5.37. The van der Waals surface area contributed by atoms with E-state index in [4.69, 9.17) is 10.6 Å². The van der Waals surface area contributed by atoms with Crippen molar-refractivity contribution >= 4 is 17.3 Å². The van der Waals surface area contributed by atoms with Crippen molar-refractivity contribution in [2.75, 3.05) is 17.9 Å². The molecule has 1 aromatic heterocycles. The van der Waals surface area contributed by atoms with Gasteiger partial charge in [0.25, 0.3) is 0 Å². The molecule has 2 aromatic rings. The van der Waals surface area contributed by atoms with E-state index in [9.17, 15) is 0 Å². The molecular weight excluding hydrogens is 242 g/mol. The van der Waals surface area contributed by atoms with Crippen LogP contribution in [0.5, 0.6) is 5.75 Å². The van der Waals surface area contributed by atoms with Crippen molar-refractivity contribution in [3.8, 4) is 5.75 Å². The minimum atomic E-state index is 0.557. The Labute approximate surface area is 112 Å². The number of ether oxygens (including phenoxy) is 1. The third-order valence-electron chi connectivity index (χ3n) is 2.60. The van der Waals surface area contributed by atoms with Gasteiger partial charge < -0.3 is 15.5 Å². The second-order valence-corrected chi connectivity index (χ2v) is 4.16. The highest BCUT2D eigenvalue weighted by molar-refractivity contribution is 5.66. The van der Waals surface area contributed by atoms with E-state index >= 15 is 0 Å². The molecule has 0 saturated carbocycles. The highest BCUT2D eigenvalue weighted by atomic mass is 16.5. The number of hydrazine groups is 1. The molecule has 100 valence electrons. The summed E-state index contributed by atoms with van der Waals surface area (Å²) in [6.45, 7) is 3.82. The molecule has 2 rings (SSSR count). The fraction of sp³-hybridized carbons (Fsp3) is 0.231. The van der Waals surface area contributed by atoms with Gasteiger partial charge in [0.15, 0.2) is 0 Å². The van der Waals surface area contributed by atoms with Gasteiger partial charge in [0, 0.05) is 6.07 Å². The molecule has 1 heterocycles. The Bertz CT molecular complexity index is 585. The number of rotatable bonds is 4. The fourth-order valence-corrected chi connectivity index (χ4v) is 1.76. The van der Waals surface area contributed by atoms with Gasteiger partial charge in [-0.15, -0.1) is 0 Å². The summed E-state index contributed by atoms with van der Waals surface area (Å²) in [6, 6.07) is 7.62. The van der Waals surface area contributed by atoms with E-state index in [2.05, 4.69) is 20.7 Å². The lowest BCUT2D eigenvalue weighted by Crippen LogP contribution is -2.10. The molecule has 0 bridgehead atoms. The van der Waals surface area contributed by atoms with Crippen molar-refractivity contribution in [3.05, 3.63) is 35.7 Å². The number of hydrogen-bond donors (Lipinski definition) is 3. The van der Waals surface area contributed by atoms with E-state index in [0.717, 1.165) is 17.0 Å². The lowest BCUT2D eigenvalue weighted by atomic mass is 10.2. The van der Waals surface area contributed by atoms with Crippen LogP contribution >= 0.6 is 0 Å². The molecule has 19 heavy (non-hydrogen) atoms. The van der Waals surface area contributed by atoms with Crippen LogP contribution in [0.4, 0.5) is 17.3 Å². The predicted octanol–water partition coefficient (Wildman–Crippen LogP) is 2.13. The molecule has 0 unspecified atom stereocenters. The van der Waals surface area contributed by atoms with E-state index in [-0.39, 0.29) is 0 Å². The third-order valence-corrected chi connectivity index (χ3v) is 2.60. The number of nitrogens with one attached hydrogen (secondary N) is 2. The minimum absolute atomic E-state index is 0.557. The normalized spacial score (nSPS) is 10.1. The number of nitrogens with zero attached hydrogens (tertiary/aromatic N) is 2. The summed E-state index contributed by atoms with van der Waals surface area (Å²) >= 11 is 0. The van der Waals surface area contributed by atoms with E-state index in [0.29, 0.717) is 17.5 Å². The molecule has 0 radical (unpaired) electrons. The smallest absolute Gasteiger partial charge is 0.145 e. The Morgan fingerprint density at radius 3 is 2.53 bits per heavy atom. The first-order valence-electron chi connectivity index (χ1n) is 5.86. The molecule has 0 aliphatic carbocycles. The van der Waals surface area contributed by atoms with E-state index in [1.165, 1.54) is 0 Å². The largest absolute Gasteiger partial charge is 0.495 e. The van der Waals surface area contributed by atoms with E-state index in [1.54, 1.807) is 20.1 Å². The van der Waals surface area contributed by atoms with Gasteiger partial charge in [-0.25, -0.2) is 15.8 Å². The number of aromatic nitrogens is 2. The molecule has 4 N–H and O–H groups in total. The summed E-state index contributed by atoms with van der Waals surface area (Å²) < 4.78 is 5.31. The molecule has 6 heteroatoms. The Balaban J connectivity index is 2.35. The molecule has 0 fully saturated rings. The third kappa shape index (κ3) is 3.11. The van der Waals surface area contributed by atoms with Gasteiger partial charge in [0.1, 0.15) is 23.2 Å². The second kappa shape index (κ2) is 5.53. The number of benzene rings is 1. The Morgan fingerprint density at radius 2 is 1.84 bits per heavy atom. The topological polar surface area (TPSA) is 85.1 Å². The Morgan fingerprint density at radius 1 is 1.11 bits per heavy atom. The Kier molecular flexibility index (Phi) is 3.82. The van der Waals surface area contributed by atoms with Gasteiger partial charge in [0.05, 0.1) is 12.8 Å². The van der Waals surface area contributed by atoms with E-state index < -0.39 is 0 Å². The monoisotopic (exact) mass is 259 g/mol. The van der Waals surface area contributed by atoms with E-state index in [1.807, 2.05) is 25.1 Å². The van der Waals surface area contributed by atoms with Gasteiger partial charge >= 0.3 is 0 Å². The molecule has 0 spiro atoms. The van der Waals surface area contributed by atoms with Crippen molar-refractivity contribution in [2.24, 2.45) is 5.84 Å². The van der Waals surface area contributed by atoms with Crippen LogP contribution in [0, 0.1) is 13.8 Å². The zero-order valence-corrected chi connectivity index (χ0v) is 11.2. The van der Waals surface area contributed by atoms with Crippen molar-refractivity contribution in [2.45, 2.75) is 13.8 Å². The average molecular weight is 259 g/mol. The van der Waals surface area contributed by atoms with Crippen molar-refractivity contribution < 1.29 is 4.74 Å². The lowest BCUT2D eigenvalue weighted by Gasteiger charge is -2.12.